The van der Waals surface area contributed by atoms with Crippen LogP contribution < -0.4 is 5.32 Å². The molecule has 0 bridgehead atoms. The minimum absolute atomic E-state index is 0.0762. The molecule has 6 heteroatoms. The van der Waals surface area contributed by atoms with Crippen molar-refractivity contribution in [2.75, 3.05) is 6.54 Å². The maximum absolute atomic E-state index is 13.8. The van der Waals surface area contributed by atoms with E-state index in [2.05, 4.69) is 24.4 Å². The van der Waals surface area contributed by atoms with Crippen molar-refractivity contribution in [2.45, 2.75) is 63.6 Å². The van der Waals surface area contributed by atoms with Crippen LogP contribution in [0.4, 0.5) is 0 Å². The second kappa shape index (κ2) is 8.58. The maximum atomic E-state index is 13.8. The molecule has 33 heavy (non-hydrogen) atoms. The van der Waals surface area contributed by atoms with Crippen LogP contribution in [0.15, 0.2) is 65.3 Å². The minimum Gasteiger partial charge on any atom is -0.463 e. The molecule has 3 aromatic rings. The molecule has 1 aliphatic heterocycles. The van der Waals surface area contributed by atoms with E-state index in [9.17, 15) is 9.59 Å². The number of carbonyl (C=O) groups excluding carboxylic acids is 2. The zero-order chi connectivity index (χ0) is 23.0. The first-order valence-corrected chi connectivity index (χ1v) is 11.9. The van der Waals surface area contributed by atoms with Crippen LogP contribution in [0.5, 0.6) is 0 Å². The number of benzene rings is 1. The highest BCUT2D eigenvalue weighted by Gasteiger charge is 2.48. The fraction of sp³-hybridized carbons (Fsp3) is 0.407. The summed E-state index contributed by atoms with van der Waals surface area (Å²) in [6.45, 7) is 4.87. The number of furan rings is 1. The largest absolute Gasteiger partial charge is 0.463 e. The lowest BCUT2D eigenvalue weighted by molar-refractivity contribution is -0.133. The van der Waals surface area contributed by atoms with Crippen LogP contribution in [0.1, 0.15) is 61.5 Å². The summed E-state index contributed by atoms with van der Waals surface area (Å²) in [5.41, 5.74) is 1.56. The van der Waals surface area contributed by atoms with E-state index in [1.54, 1.807) is 11.2 Å². The SMILES string of the molecule is C[C@H](CN1C(=O)c2ccc(-c3ccco3)n2C[C@@]1(C)C(=O)NC1CCCC1)c1ccccc1. The molecule has 1 fully saturated rings. The number of nitrogens with zero attached hydrogens (tertiary/aromatic N) is 2. The fourth-order valence-electron chi connectivity index (χ4n) is 5.27. The molecule has 5 rings (SSSR count). The Morgan fingerprint density at radius 3 is 2.52 bits per heavy atom. The monoisotopic (exact) mass is 445 g/mol. The van der Waals surface area contributed by atoms with E-state index in [0.29, 0.717) is 24.5 Å². The summed E-state index contributed by atoms with van der Waals surface area (Å²) >= 11 is 0. The molecule has 1 aliphatic carbocycles. The first-order valence-electron chi connectivity index (χ1n) is 11.9. The van der Waals surface area contributed by atoms with Crippen molar-refractivity contribution in [1.29, 1.82) is 0 Å². The number of nitrogens with one attached hydrogen (secondary N) is 1. The van der Waals surface area contributed by atoms with Crippen LogP contribution in [-0.4, -0.2) is 39.4 Å². The van der Waals surface area contributed by atoms with Gasteiger partial charge in [0, 0.05) is 12.6 Å². The third-order valence-corrected chi connectivity index (χ3v) is 7.28. The summed E-state index contributed by atoms with van der Waals surface area (Å²) in [4.78, 5) is 29.3. The standard InChI is InChI=1S/C27H31N3O3/c1-19(20-9-4-3-5-10-20)17-30-25(31)23-15-14-22(24-13-8-16-33-24)29(23)18-27(30,2)26(32)28-21-11-6-7-12-21/h3-5,8-10,13-16,19,21H,6-7,11-12,17-18H2,1-2H3,(H,28,32)/t19-,27+/m1/s1. The van der Waals surface area contributed by atoms with Crippen molar-refractivity contribution in [3.05, 3.63) is 72.1 Å². The number of rotatable bonds is 6. The van der Waals surface area contributed by atoms with Crippen LogP contribution in [0.25, 0.3) is 11.5 Å². The lowest BCUT2D eigenvalue weighted by Gasteiger charge is -2.45. The van der Waals surface area contributed by atoms with E-state index >= 15 is 0 Å². The summed E-state index contributed by atoms with van der Waals surface area (Å²) in [6.07, 6.45) is 5.91. The number of aromatic nitrogens is 1. The number of amides is 2. The van der Waals surface area contributed by atoms with Gasteiger partial charge in [-0.1, -0.05) is 50.1 Å². The van der Waals surface area contributed by atoms with Crippen LogP contribution in [-0.2, 0) is 11.3 Å². The van der Waals surface area contributed by atoms with Crippen molar-refractivity contribution in [3.8, 4) is 11.5 Å². The molecule has 1 saturated carbocycles. The van der Waals surface area contributed by atoms with Crippen LogP contribution in [0.3, 0.4) is 0 Å². The van der Waals surface area contributed by atoms with Gasteiger partial charge in [-0.05, 0) is 55.5 Å². The Kier molecular flexibility index (Phi) is 5.60. The van der Waals surface area contributed by atoms with Crippen molar-refractivity contribution < 1.29 is 14.0 Å². The lowest BCUT2D eigenvalue weighted by atomic mass is 9.91. The van der Waals surface area contributed by atoms with Gasteiger partial charge in [-0.15, -0.1) is 0 Å². The molecule has 0 saturated heterocycles. The maximum Gasteiger partial charge on any atom is 0.271 e. The number of carbonyl (C=O) groups is 2. The molecule has 0 unspecified atom stereocenters. The van der Waals surface area contributed by atoms with Crippen molar-refractivity contribution in [1.82, 2.24) is 14.8 Å². The predicted molar refractivity (Wildman–Crippen MR) is 127 cm³/mol. The van der Waals surface area contributed by atoms with Crippen molar-refractivity contribution in [3.63, 3.8) is 0 Å². The van der Waals surface area contributed by atoms with E-state index in [0.717, 1.165) is 36.9 Å². The summed E-state index contributed by atoms with van der Waals surface area (Å²) in [5.74, 6) is 0.595. The smallest absolute Gasteiger partial charge is 0.271 e. The highest BCUT2D eigenvalue weighted by atomic mass is 16.3. The molecule has 0 radical (unpaired) electrons. The molecule has 0 spiro atoms. The quantitative estimate of drug-likeness (QED) is 0.591. The Bertz CT molecular complexity index is 1130. The minimum atomic E-state index is -1.00. The van der Waals surface area contributed by atoms with Gasteiger partial charge in [0.15, 0.2) is 0 Å². The molecule has 172 valence electrons. The van der Waals surface area contributed by atoms with Gasteiger partial charge in [-0.25, -0.2) is 0 Å². The Hall–Kier alpha value is -3.28. The van der Waals surface area contributed by atoms with Crippen LogP contribution >= 0.6 is 0 Å². The van der Waals surface area contributed by atoms with E-state index in [4.69, 9.17) is 4.42 Å². The molecule has 3 heterocycles. The van der Waals surface area contributed by atoms with Gasteiger partial charge >= 0.3 is 0 Å². The average Bonchev–Trinajstić information content (AvgIpc) is 3.59. The number of hydrogen-bond acceptors (Lipinski definition) is 3. The topological polar surface area (TPSA) is 67.5 Å². The highest BCUT2D eigenvalue weighted by molar-refractivity contribution is 6.00. The summed E-state index contributed by atoms with van der Waals surface area (Å²) in [5, 5.41) is 3.26. The van der Waals surface area contributed by atoms with Gasteiger partial charge < -0.3 is 19.2 Å². The van der Waals surface area contributed by atoms with Gasteiger partial charge in [-0.3, -0.25) is 9.59 Å². The Morgan fingerprint density at radius 1 is 1.09 bits per heavy atom. The third kappa shape index (κ3) is 3.88. The molecular weight excluding hydrogens is 414 g/mol. The molecule has 2 aromatic heterocycles. The predicted octanol–water partition coefficient (Wildman–Crippen LogP) is 4.83. The van der Waals surface area contributed by atoms with Gasteiger partial charge in [0.05, 0.1) is 18.5 Å². The van der Waals surface area contributed by atoms with Gasteiger partial charge in [-0.2, -0.15) is 0 Å². The first-order chi connectivity index (χ1) is 16.0. The molecule has 2 aliphatic rings. The molecule has 1 aromatic carbocycles. The van der Waals surface area contributed by atoms with E-state index < -0.39 is 5.54 Å². The Morgan fingerprint density at radius 2 is 1.82 bits per heavy atom. The van der Waals surface area contributed by atoms with Crippen molar-refractivity contribution in [2.24, 2.45) is 0 Å². The summed E-state index contributed by atoms with van der Waals surface area (Å²) in [6, 6.07) is 17.8. The second-order valence-electron chi connectivity index (χ2n) is 9.62. The zero-order valence-electron chi connectivity index (χ0n) is 19.3. The Balaban J connectivity index is 1.52. The van der Waals surface area contributed by atoms with Gasteiger partial charge in [0.25, 0.3) is 5.91 Å². The molecule has 1 N–H and O–H groups in total. The van der Waals surface area contributed by atoms with E-state index in [-0.39, 0.29) is 23.8 Å². The number of fused-ring (bicyclic) bond motifs is 1. The molecule has 2 amide bonds. The third-order valence-electron chi connectivity index (χ3n) is 7.28. The van der Waals surface area contributed by atoms with E-state index in [1.165, 1.54) is 0 Å². The summed E-state index contributed by atoms with van der Waals surface area (Å²) < 4.78 is 7.56. The molecule has 2 atom stereocenters. The molecular formula is C27H31N3O3. The van der Waals surface area contributed by atoms with Crippen molar-refractivity contribution >= 4 is 11.8 Å². The lowest BCUT2D eigenvalue weighted by Crippen LogP contribution is -2.65. The molecule has 6 nitrogen and oxygen atoms in total. The first kappa shape index (κ1) is 21.6. The van der Waals surface area contributed by atoms with Crippen LogP contribution in [0.2, 0.25) is 0 Å². The highest BCUT2D eigenvalue weighted by Crippen LogP contribution is 2.35. The number of hydrogen-bond donors (Lipinski definition) is 1. The van der Waals surface area contributed by atoms with Gasteiger partial charge in [0.2, 0.25) is 5.91 Å². The Labute approximate surface area is 194 Å². The normalized spacial score (nSPS) is 21.8. The van der Waals surface area contributed by atoms with Gasteiger partial charge in [0.1, 0.15) is 17.0 Å². The average molecular weight is 446 g/mol. The van der Waals surface area contributed by atoms with E-state index in [1.807, 2.05) is 54.0 Å². The fourth-order valence-corrected chi connectivity index (χ4v) is 5.27. The second-order valence-corrected chi connectivity index (χ2v) is 9.62. The summed E-state index contributed by atoms with van der Waals surface area (Å²) in [7, 11) is 0. The van der Waals surface area contributed by atoms with Crippen LogP contribution in [0, 0.1) is 0 Å². The zero-order valence-corrected chi connectivity index (χ0v) is 19.3.